The number of anilines is 1. The molecule has 0 unspecified atom stereocenters. The molecule has 1 amide bonds. The Balaban J connectivity index is 1.44. The van der Waals surface area contributed by atoms with Gasteiger partial charge in [-0.3, -0.25) is 9.20 Å². The molecule has 30 heavy (non-hydrogen) atoms. The fourth-order valence-electron chi connectivity index (χ4n) is 3.22. The lowest BCUT2D eigenvalue weighted by atomic mass is 10.1. The second kappa shape index (κ2) is 7.29. The predicted molar refractivity (Wildman–Crippen MR) is 113 cm³/mol. The molecule has 7 nitrogen and oxygen atoms in total. The molecule has 146 valence electrons. The Morgan fingerprint density at radius 2 is 1.83 bits per heavy atom. The average Bonchev–Trinajstić information content (AvgIpc) is 3.43. The van der Waals surface area contributed by atoms with Crippen LogP contribution in [0.1, 0.15) is 16.1 Å². The minimum Gasteiger partial charge on any atom is -0.334 e. The molecule has 0 atom stereocenters. The van der Waals surface area contributed by atoms with Crippen molar-refractivity contribution in [2.45, 2.75) is 6.92 Å². The van der Waals surface area contributed by atoms with Crippen LogP contribution in [0.4, 0.5) is 5.69 Å². The third kappa shape index (κ3) is 3.22. The summed E-state index contributed by atoms with van der Waals surface area (Å²) in [6.45, 7) is 1.93. The highest BCUT2D eigenvalue weighted by atomic mass is 16.5. The van der Waals surface area contributed by atoms with Crippen LogP contribution in [0, 0.1) is 6.92 Å². The third-order valence-corrected chi connectivity index (χ3v) is 4.84. The molecule has 3 aromatic heterocycles. The number of nitrogens with zero attached hydrogens (tertiary/aromatic N) is 4. The summed E-state index contributed by atoms with van der Waals surface area (Å²) in [4.78, 5) is 21.6. The maximum absolute atomic E-state index is 12.9. The Morgan fingerprint density at radius 3 is 2.70 bits per heavy atom. The maximum Gasteiger partial charge on any atom is 0.274 e. The molecule has 1 N–H and O–H groups in total. The summed E-state index contributed by atoms with van der Waals surface area (Å²) in [6, 6.07) is 20.8. The number of fused-ring (bicyclic) bond motifs is 1. The molecule has 7 heteroatoms. The van der Waals surface area contributed by atoms with E-state index in [0.717, 1.165) is 16.7 Å². The van der Waals surface area contributed by atoms with Gasteiger partial charge in [0.15, 0.2) is 0 Å². The minimum absolute atomic E-state index is 0.243. The summed E-state index contributed by atoms with van der Waals surface area (Å²) in [5.74, 6) is 0.661. The second-order valence-electron chi connectivity index (χ2n) is 6.85. The number of rotatable bonds is 4. The molecular weight excluding hydrogens is 378 g/mol. The van der Waals surface area contributed by atoms with Crippen molar-refractivity contribution in [2.24, 2.45) is 0 Å². The number of pyridine rings is 1. The number of amides is 1. The Hall–Kier alpha value is -4.26. The number of carbonyl (C=O) groups excluding carboxylic acids is 1. The van der Waals surface area contributed by atoms with Crippen molar-refractivity contribution >= 4 is 17.2 Å². The van der Waals surface area contributed by atoms with Crippen LogP contribution in [0.3, 0.4) is 0 Å². The fraction of sp³-hybridized carbons (Fsp3) is 0.0435. The van der Waals surface area contributed by atoms with E-state index in [-0.39, 0.29) is 5.91 Å². The first-order chi connectivity index (χ1) is 14.7. The normalized spacial score (nSPS) is 11.0. The Kier molecular flexibility index (Phi) is 4.33. The molecule has 0 fully saturated rings. The van der Waals surface area contributed by atoms with Gasteiger partial charge >= 0.3 is 0 Å². The first kappa shape index (κ1) is 17.8. The summed E-state index contributed by atoms with van der Waals surface area (Å²) in [5.41, 5.74) is 4.38. The van der Waals surface area contributed by atoms with E-state index < -0.39 is 0 Å². The highest BCUT2D eigenvalue weighted by Gasteiger charge is 2.15. The van der Waals surface area contributed by atoms with Gasteiger partial charge in [0, 0.05) is 23.0 Å². The molecule has 0 aliphatic rings. The van der Waals surface area contributed by atoms with Crippen LogP contribution in [0.15, 0.2) is 83.6 Å². The largest absolute Gasteiger partial charge is 0.334 e. The summed E-state index contributed by atoms with van der Waals surface area (Å²) in [5, 5.41) is 7.06. The lowest BCUT2D eigenvalue weighted by Crippen LogP contribution is -2.15. The van der Waals surface area contributed by atoms with E-state index in [1.54, 1.807) is 10.6 Å². The van der Waals surface area contributed by atoms with Crippen molar-refractivity contribution < 1.29 is 9.32 Å². The van der Waals surface area contributed by atoms with Gasteiger partial charge < -0.3 is 9.84 Å². The Labute approximate surface area is 172 Å². The van der Waals surface area contributed by atoms with Gasteiger partial charge in [-0.25, -0.2) is 4.98 Å². The number of hydrogen-bond acceptors (Lipinski definition) is 5. The number of imidazole rings is 1. The number of aromatic nitrogens is 4. The summed E-state index contributed by atoms with van der Waals surface area (Å²) in [7, 11) is 0. The lowest BCUT2D eigenvalue weighted by Gasteiger charge is -2.09. The van der Waals surface area contributed by atoms with E-state index in [1.165, 1.54) is 0 Å². The van der Waals surface area contributed by atoms with E-state index in [1.807, 2.05) is 79.9 Å². The van der Waals surface area contributed by atoms with Crippen LogP contribution < -0.4 is 5.32 Å². The molecule has 0 saturated heterocycles. The SMILES string of the molecule is Cc1ccc(-c2noc(-c3ccccc3)n2)cc1NC(=O)c1cnc2ccccn12. The zero-order valence-corrected chi connectivity index (χ0v) is 16.1. The van der Waals surface area contributed by atoms with Gasteiger partial charge in [-0.05, 0) is 42.8 Å². The monoisotopic (exact) mass is 395 g/mol. The van der Waals surface area contributed by atoms with Gasteiger partial charge in [-0.1, -0.05) is 41.6 Å². The molecule has 0 aliphatic heterocycles. The molecule has 0 aliphatic carbocycles. The van der Waals surface area contributed by atoms with E-state index in [0.29, 0.717) is 28.7 Å². The van der Waals surface area contributed by atoms with Crippen molar-refractivity contribution in [3.8, 4) is 22.8 Å². The first-order valence-electron chi connectivity index (χ1n) is 9.42. The quantitative estimate of drug-likeness (QED) is 0.480. The number of carbonyl (C=O) groups is 1. The van der Waals surface area contributed by atoms with E-state index >= 15 is 0 Å². The van der Waals surface area contributed by atoms with Gasteiger partial charge in [0.2, 0.25) is 5.82 Å². The van der Waals surface area contributed by atoms with Crippen molar-refractivity contribution in [2.75, 3.05) is 5.32 Å². The van der Waals surface area contributed by atoms with Crippen molar-refractivity contribution in [3.05, 3.63) is 90.4 Å². The van der Waals surface area contributed by atoms with Gasteiger partial charge in [-0.15, -0.1) is 0 Å². The highest BCUT2D eigenvalue weighted by molar-refractivity contribution is 6.04. The second-order valence-corrected chi connectivity index (χ2v) is 6.85. The molecule has 0 spiro atoms. The Bertz CT molecular complexity index is 1350. The van der Waals surface area contributed by atoms with Crippen LogP contribution in [0.5, 0.6) is 0 Å². The van der Waals surface area contributed by atoms with Gasteiger partial charge in [0.1, 0.15) is 11.3 Å². The van der Waals surface area contributed by atoms with E-state index in [4.69, 9.17) is 4.52 Å². The molecule has 0 bridgehead atoms. The molecular formula is C23H17N5O2. The predicted octanol–water partition coefficient (Wildman–Crippen LogP) is 4.61. The van der Waals surface area contributed by atoms with Gasteiger partial charge in [-0.2, -0.15) is 4.98 Å². The molecule has 5 aromatic rings. The van der Waals surface area contributed by atoms with Crippen molar-refractivity contribution in [3.63, 3.8) is 0 Å². The van der Waals surface area contributed by atoms with E-state index in [2.05, 4.69) is 20.4 Å². The van der Waals surface area contributed by atoms with Crippen LogP contribution in [0.2, 0.25) is 0 Å². The molecule has 0 saturated carbocycles. The number of nitrogens with one attached hydrogen (secondary N) is 1. The maximum atomic E-state index is 12.9. The number of hydrogen-bond donors (Lipinski definition) is 1. The Morgan fingerprint density at radius 1 is 1.00 bits per heavy atom. The molecule has 2 aromatic carbocycles. The van der Waals surface area contributed by atoms with Crippen LogP contribution in [0.25, 0.3) is 28.5 Å². The van der Waals surface area contributed by atoms with Crippen molar-refractivity contribution in [1.82, 2.24) is 19.5 Å². The van der Waals surface area contributed by atoms with Crippen LogP contribution >= 0.6 is 0 Å². The fourth-order valence-corrected chi connectivity index (χ4v) is 3.22. The summed E-state index contributed by atoms with van der Waals surface area (Å²) in [6.07, 6.45) is 3.38. The molecule has 5 rings (SSSR count). The summed E-state index contributed by atoms with van der Waals surface area (Å²) < 4.78 is 7.15. The zero-order valence-electron chi connectivity index (χ0n) is 16.1. The van der Waals surface area contributed by atoms with Crippen molar-refractivity contribution in [1.29, 1.82) is 0 Å². The van der Waals surface area contributed by atoms with E-state index in [9.17, 15) is 4.79 Å². The third-order valence-electron chi connectivity index (χ3n) is 4.84. The number of aryl methyl sites for hydroxylation is 1. The topological polar surface area (TPSA) is 85.3 Å². The lowest BCUT2D eigenvalue weighted by molar-refractivity contribution is 0.102. The molecule has 0 radical (unpaired) electrons. The van der Waals surface area contributed by atoms with Gasteiger partial charge in [0.05, 0.1) is 6.20 Å². The van der Waals surface area contributed by atoms with Gasteiger partial charge in [0.25, 0.3) is 11.8 Å². The standard InChI is InChI=1S/C23H17N5O2/c1-15-10-11-17(21-26-23(30-27-21)16-7-3-2-4-8-16)13-18(15)25-22(29)19-14-24-20-9-5-6-12-28(19)20/h2-14H,1H3,(H,25,29). The number of benzene rings is 2. The van der Waals surface area contributed by atoms with Crippen LogP contribution in [-0.4, -0.2) is 25.4 Å². The average molecular weight is 395 g/mol. The highest BCUT2D eigenvalue weighted by Crippen LogP contribution is 2.26. The van der Waals surface area contributed by atoms with Crippen LogP contribution in [-0.2, 0) is 0 Å². The summed E-state index contributed by atoms with van der Waals surface area (Å²) >= 11 is 0. The first-order valence-corrected chi connectivity index (χ1v) is 9.42. The minimum atomic E-state index is -0.243. The molecule has 3 heterocycles. The zero-order chi connectivity index (χ0) is 20.5. The smallest absolute Gasteiger partial charge is 0.274 e.